The Kier molecular flexibility index (Phi) is 6.32. The zero-order valence-corrected chi connectivity index (χ0v) is 7.03. The molecule has 0 amide bonds. The standard InChI is InChI=1S/C8H15NO3/c1-2-8(11)12-6-4-3-5-7(9)10/h2,7,10H,1,3-6,9H2. The lowest BCUT2D eigenvalue weighted by atomic mass is 10.2. The molecule has 0 aromatic heterocycles. The maximum atomic E-state index is 10.5. The number of rotatable bonds is 6. The molecule has 0 aliphatic carbocycles. The Labute approximate surface area is 72.0 Å². The largest absolute Gasteiger partial charge is 0.463 e. The van der Waals surface area contributed by atoms with E-state index in [-0.39, 0.29) is 0 Å². The van der Waals surface area contributed by atoms with Crippen molar-refractivity contribution in [3.05, 3.63) is 12.7 Å². The molecule has 0 saturated heterocycles. The molecule has 0 aromatic carbocycles. The van der Waals surface area contributed by atoms with Gasteiger partial charge < -0.3 is 15.6 Å². The molecule has 0 aromatic rings. The van der Waals surface area contributed by atoms with Crippen molar-refractivity contribution in [1.82, 2.24) is 0 Å². The summed E-state index contributed by atoms with van der Waals surface area (Å²) in [5.74, 6) is -0.414. The molecular weight excluding hydrogens is 158 g/mol. The highest BCUT2D eigenvalue weighted by molar-refractivity contribution is 5.81. The van der Waals surface area contributed by atoms with Gasteiger partial charge in [0.2, 0.25) is 0 Å². The highest BCUT2D eigenvalue weighted by Crippen LogP contribution is 1.97. The number of hydrogen-bond acceptors (Lipinski definition) is 4. The van der Waals surface area contributed by atoms with Gasteiger partial charge in [-0.25, -0.2) is 4.79 Å². The van der Waals surface area contributed by atoms with Crippen molar-refractivity contribution < 1.29 is 14.6 Å². The van der Waals surface area contributed by atoms with Gasteiger partial charge >= 0.3 is 5.97 Å². The summed E-state index contributed by atoms with van der Waals surface area (Å²) in [6, 6.07) is 0. The zero-order chi connectivity index (χ0) is 9.40. The lowest BCUT2D eigenvalue weighted by Gasteiger charge is -2.03. The number of hydrogen-bond donors (Lipinski definition) is 2. The van der Waals surface area contributed by atoms with Crippen molar-refractivity contribution in [2.45, 2.75) is 25.5 Å². The SMILES string of the molecule is C=CC(=O)OCCCCC(N)O. The van der Waals surface area contributed by atoms with Crippen LogP contribution in [0.15, 0.2) is 12.7 Å². The van der Waals surface area contributed by atoms with E-state index in [1.54, 1.807) is 0 Å². The Hall–Kier alpha value is -0.870. The maximum absolute atomic E-state index is 10.5. The van der Waals surface area contributed by atoms with Gasteiger partial charge in [-0.3, -0.25) is 0 Å². The number of carbonyl (C=O) groups excluding carboxylic acids is 1. The van der Waals surface area contributed by atoms with E-state index in [0.29, 0.717) is 19.4 Å². The van der Waals surface area contributed by atoms with Gasteiger partial charge in [0.1, 0.15) is 6.23 Å². The number of aliphatic hydroxyl groups excluding tert-OH is 1. The Morgan fingerprint density at radius 1 is 1.67 bits per heavy atom. The van der Waals surface area contributed by atoms with E-state index in [1.807, 2.05) is 0 Å². The second kappa shape index (κ2) is 6.82. The number of unbranched alkanes of at least 4 members (excludes halogenated alkanes) is 1. The monoisotopic (exact) mass is 173 g/mol. The third-order valence-corrected chi connectivity index (χ3v) is 1.31. The minimum atomic E-state index is -0.764. The summed E-state index contributed by atoms with van der Waals surface area (Å²) in [5.41, 5.74) is 5.09. The second-order valence-corrected chi connectivity index (χ2v) is 2.43. The van der Waals surface area contributed by atoms with Crippen LogP contribution in [0.3, 0.4) is 0 Å². The van der Waals surface area contributed by atoms with Gasteiger partial charge in [-0.15, -0.1) is 0 Å². The maximum Gasteiger partial charge on any atom is 0.330 e. The quantitative estimate of drug-likeness (QED) is 0.260. The van der Waals surface area contributed by atoms with E-state index in [1.165, 1.54) is 0 Å². The number of nitrogens with two attached hydrogens (primary N) is 1. The van der Waals surface area contributed by atoms with Crippen LogP contribution in [-0.2, 0) is 9.53 Å². The predicted octanol–water partition coefficient (Wildman–Crippen LogP) is 0.163. The molecule has 0 aliphatic rings. The summed E-state index contributed by atoms with van der Waals surface area (Å²) in [6.07, 6.45) is 2.36. The molecule has 4 heteroatoms. The molecule has 0 spiro atoms. The molecule has 1 atom stereocenters. The number of carbonyl (C=O) groups is 1. The molecule has 12 heavy (non-hydrogen) atoms. The van der Waals surface area contributed by atoms with E-state index in [2.05, 4.69) is 6.58 Å². The van der Waals surface area contributed by atoms with Crippen LogP contribution in [0, 0.1) is 0 Å². The van der Waals surface area contributed by atoms with E-state index in [9.17, 15) is 4.79 Å². The van der Waals surface area contributed by atoms with E-state index < -0.39 is 12.2 Å². The fourth-order valence-electron chi connectivity index (χ4n) is 0.687. The third kappa shape index (κ3) is 7.24. The van der Waals surface area contributed by atoms with Crippen LogP contribution in [0.4, 0.5) is 0 Å². The number of esters is 1. The van der Waals surface area contributed by atoms with Gasteiger partial charge in [-0.1, -0.05) is 6.58 Å². The highest BCUT2D eigenvalue weighted by Gasteiger charge is 1.97. The normalized spacial score (nSPS) is 12.2. The van der Waals surface area contributed by atoms with Gasteiger partial charge in [0.05, 0.1) is 6.61 Å². The van der Waals surface area contributed by atoms with Crippen molar-refractivity contribution in [2.24, 2.45) is 5.73 Å². The van der Waals surface area contributed by atoms with E-state index >= 15 is 0 Å². The van der Waals surface area contributed by atoms with Crippen LogP contribution in [0.5, 0.6) is 0 Å². The summed E-state index contributed by atoms with van der Waals surface area (Å²) in [7, 11) is 0. The van der Waals surface area contributed by atoms with E-state index in [0.717, 1.165) is 12.5 Å². The first kappa shape index (κ1) is 11.1. The minimum Gasteiger partial charge on any atom is -0.463 e. The Bertz CT molecular complexity index is 145. The van der Waals surface area contributed by atoms with Crippen LogP contribution in [0.2, 0.25) is 0 Å². The Morgan fingerprint density at radius 2 is 2.33 bits per heavy atom. The smallest absolute Gasteiger partial charge is 0.330 e. The number of aliphatic hydroxyl groups is 1. The Balaban J connectivity index is 3.11. The van der Waals surface area contributed by atoms with Crippen molar-refractivity contribution >= 4 is 5.97 Å². The average Bonchev–Trinajstić information content (AvgIpc) is 2.03. The van der Waals surface area contributed by atoms with Gasteiger partial charge in [0.25, 0.3) is 0 Å². The van der Waals surface area contributed by atoms with Crippen LogP contribution in [-0.4, -0.2) is 23.9 Å². The highest BCUT2D eigenvalue weighted by atomic mass is 16.5. The van der Waals surface area contributed by atoms with Gasteiger partial charge in [-0.2, -0.15) is 0 Å². The molecule has 0 heterocycles. The average molecular weight is 173 g/mol. The van der Waals surface area contributed by atoms with Crippen LogP contribution in [0.25, 0.3) is 0 Å². The summed E-state index contributed by atoms with van der Waals surface area (Å²) in [5, 5.41) is 8.66. The van der Waals surface area contributed by atoms with Crippen LogP contribution < -0.4 is 5.73 Å². The third-order valence-electron chi connectivity index (χ3n) is 1.31. The fraction of sp³-hybridized carbons (Fsp3) is 0.625. The molecule has 1 unspecified atom stereocenters. The molecule has 3 N–H and O–H groups in total. The molecule has 0 saturated carbocycles. The van der Waals surface area contributed by atoms with E-state index in [4.69, 9.17) is 15.6 Å². The Morgan fingerprint density at radius 3 is 2.83 bits per heavy atom. The topological polar surface area (TPSA) is 72.5 Å². The summed E-state index contributed by atoms with van der Waals surface area (Å²) in [6.45, 7) is 3.61. The predicted molar refractivity (Wildman–Crippen MR) is 45.2 cm³/mol. The first-order valence-corrected chi connectivity index (χ1v) is 3.89. The van der Waals surface area contributed by atoms with Gasteiger partial charge in [0, 0.05) is 6.08 Å². The van der Waals surface area contributed by atoms with Crippen LogP contribution in [0.1, 0.15) is 19.3 Å². The molecule has 0 fully saturated rings. The first-order chi connectivity index (χ1) is 5.66. The molecule has 0 bridgehead atoms. The lowest BCUT2D eigenvalue weighted by Crippen LogP contribution is -2.18. The first-order valence-electron chi connectivity index (χ1n) is 3.89. The van der Waals surface area contributed by atoms with Crippen molar-refractivity contribution in [2.75, 3.05) is 6.61 Å². The minimum absolute atomic E-state index is 0.359. The van der Waals surface area contributed by atoms with Crippen molar-refractivity contribution in [3.63, 3.8) is 0 Å². The van der Waals surface area contributed by atoms with Crippen molar-refractivity contribution in [3.8, 4) is 0 Å². The molecule has 70 valence electrons. The lowest BCUT2D eigenvalue weighted by molar-refractivity contribution is -0.137. The molecular formula is C8H15NO3. The molecule has 4 nitrogen and oxygen atoms in total. The van der Waals surface area contributed by atoms with Crippen LogP contribution >= 0.6 is 0 Å². The molecule has 0 rings (SSSR count). The summed E-state index contributed by atoms with van der Waals surface area (Å²) >= 11 is 0. The summed E-state index contributed by atoms with van der Waals surface area (Å²) < 4.78 is 4.69. The van der Waals surface area contributed by atoms with Gasteiger partial charge in [-0.05, 0) is 19.3 Å². The zero-order valence-electron chi connectivity index (χ0n) is 7.03. The summed E-state index contributed by atoms with van der Waals surface area (Å²) in [4.78, 5) is 10.5. The van der Waals surface area contributed by atoms with Crippen molar-refractivity contribution in [1.29, 1.82) is 0 Å². The fourth-order valence-corrected chi connectivity index (χ4v) is 0.687. The molecule has 0 radical (unpaired) electrons. The second-order valence-electron chi connectivity index (χ2n) is 2.43. The number of ether oxygens (including phenoxy) is 1. The molecule has 0 aliphatic heterocycles. The van der Waals surface area contributed by atoms with Gasteiger partial charge in [0.15, 0.2) is 0 Å².